The first-order valence-electron chi connectivity index (χ1n) is 8.02. The molecule has 0 aliphatic carbocycles. The minimum atomic E-state index is -0.154. The lowest BCUT2D eigenvalue weighted by atomic mass is 10.2. The Hall–Kier alpha value is -2.58. The normalized spacial score (nSPS) is 15.5. The number of nitrogens with zero attached hydrogens (tertiary/aromatic N) is 1. The number of amides is 2. The van der Waals surface area contributed by atoms with Gasteiger partial charge in [-0.05, 0) is 30.7 Å². The van der Waals surface area contributed by atoms with Gasteiger partial charge in [-0.15, -0.1) is 0 Å². The molecular weight excluding hydrogens is 370 g/mol. The van der Waals surface area contributed by atoms with Crippen LogP contribution < -0.4 is 10.9 Å². The van der Waals surface area contributed by atoms with E-state index < -0.39 is 0 Å². The van der Waals surface area contributed by atoms with Gasteiger partial charge >= 0.3 is 0 Å². The fourth-order valence-corrected chi connectivity index (χ4v) is 3.61. The number of thioether (sulfide) groups is 1. The number of carbonyl (C=O) groups excluding carboxylic acids is 2. The molecule has 1 saturated heterocycles. The SMILES string of the molecule is O=C(CCCN1C(=O)/C(=C\c2ccco2)SC1=S)NNc1ccccc1. The predicted octanol–water partition coefficient (Wildman–Crippen LogP) is 3.40. The van der Waals surface area contributed by atoms with E-state index in [9.17, 15) is 9.59 Å². The molecule has 2 aromatic rings. The number of hydrogen-bond acceptors (Lipinski definition) is 6. The summed E-state index contributed by atoms with van der Waals surface area (Å²) < 4.78 is 5.72. The van der Waals surface area contributed by atoms with Crippen LogP contribution in [0.3, 0.4) is 0 Å². The second kappa shape index (κ2) is 8.68. The average Bonchev–Trinajstić information content (AvgIpc) is 3.24. The minimum Gasteiger partial charge on any atom is -0.465 e. The van der Waals surface area contributed by atoms with Crippen molar-refractivity contribution < 1.29 is 14.0 Å². The highest BCUT2D eigenvalue weighted by Crippen LogP contribution is 2.32. The molecule has 3 rings (SSSR count). The molecule has 26 heavy (non-hydrogen) atoms. The van der Waals surface area contributed by atoms with Gasteiger partial charge in [0.1, 0.15) is 10.1 Å². The molecule has 0 spiro atoms. The van der Waals surface area contributed by atoms with Gasteiger partial charge in [0.25, 0.3) is 5.91 Å². The molecule has 2 N–H and O–H groups in total. The van der Waals surface area contributed by atoms with Gasteiger partial charge in [0.05, 0.1) is 16.9 Å². The molecule has 2 heterocycles. The van der Waals surface area contributed by atoms with E-state index in [2.05, 4.69) is 10.9 Å². The summed E-state index contributed by atoms with van der Waals surface area (Å²) in [4.78, 5) is 26.4. The van der Waals surface area contributed by atoms with Crippen molar-refractivity contribution in [1.82, 2.24) is 10.3 Å². The van der Waals surface area contributed by atoms with Gasteiger partial charge in [-0.25, -0.2) is 0 Å². The number of benzene rings is 1. The van der Waals surface area contributed by atoms with Crippen LogP contribution >= 0.6 is 24.0 Å². The Morgan fingerprint density at radius 3 is 2.77 bits per heavy atom. The number of para-hydroxylation sites is 1. The van der Waals surface area contributed by atoms with Gasteiger partial charge in [0.2, 0.25) is 5.91 Å². The molecule has 0 unspecified atom stereocenters. The van der Waals surface area contributed by atoms with Crippen LogP contribution in [0.15, 0.2) is 58.1 Å². The van der Waals surface area contributed by atoms with E-state index in [0.717, 1.165) is 5.69 Å². The van der Waals surface area contributed by atoms with Crippen LogP contribution in [0, 0.1) is 0 Å². The van der Waals surface area contributed by atoms with Crippen molar-refractivity contribution in [1.29, 1.82) is 0 Å². The van der Waals surface area contributed by atoms with Gasteiger partial charge in [0.15, 0.2) is 0 Å². The van der Waals surface area contributed by atoms with Crippen LogP contribution in [0.25, 0.3) is 6.08 Å². The average molecular weight is 387 g/mol. The zero-order valence-electron chi connectivity index (χ0n) is 13.8. The second-order valence-electron chi connectivity index (χ2n) is 5.49. The van der Waals surface area contributed by atoms with E-state index in [1.165, 1.54) is 16.7 Å². The lowest BCUT2D eigenvalue weighted by molar-refractivity contribution is -0.123. The zero-order valence-corrected chi connectivity index (χ0v) is 15.4. The molecule has 1 fully saturated rings. The third-order valence-corrected chi connectivity index (χ3v) is 4.97. The van der Waals surface area contributed by atoms with Crippen LogP contribution in [0.2, 0.25) is 0 Å². The summed E-state index contributed by atoms with van der Waals surface area (Å²) in [7, 11) is 0. The first-order chi connectivity index (χ1) is 12.6. The molecular formula is C18H17N3O3S2. The van der Waals surface area contributed by atoms with Crippen LogP contribution in [0.4, 0.5) is 5.69 Å². The topological polar surface area (TPSA) is 74.6 Å². The fraction of sp³-hybridized carbons (Fsp3) is 0.167. The summed E-state index contributed by atoms with van der Waals surface area (Å²) in [6, 6.07) is 12.9. The number of furan rings is 1. The summed E-state index contributed by atoms with van der Waals surface area (Å²) >= 11 is 6.51. The molecule has 8 heteroatoms. The van der Waals surface area contributed by atoms with Crippen molar-refractivity contribution >= 4 is 51.9 Å². The van der Waals surface area contributed by atoms with Crippen molar-refractivity contribution in [3.63, 3.8) is 0 Å². The largest absolute Gasteiger partial charge is 0.465 e. The highest BCUT2D eigenvalue weighted by Gasteiger charge is 2.31. The number of hydrazine groups is 1. The van der Waals surface area contributed by atoms with E-state index in [-0.39, 0.29) is 18.2 Å². The molecule has 1 aromatic carbocycles. The molecule has 0 radical (unpaired) electrons. The summed E-state index contributed by atoms with van der Waals surface area (Å²) in [5.41, 5.74) is 6.28. The zero-order chi connectivity index (χ0) is 18.4. The quantitative estimate of drug-likeness (QED) is 0.431. The van der Waals surface area contributed by atoms with Crippen molar-refractivity contribution in [3.05, 3.63) is 59.4 Å². The third-order valence-electron chi connectivity index (χ3n) is 3.60. The van der Waals surface area contributed by atoms with E-state index in [1.54, 1.807) is 24.5 Å². The molecule has 6 nitrogen and oxygen atoms in total. The maximum absolute atomic E-state index is 12.4. The molecule has 2 amide bonds. The monoisotopic (exact) mass is 387 g/mol. The first kappa shape index (κ1) is 18.2. The molecule has 0 saturated carbocycles. The molecule has 0 bridgehead atoms. The van der Waals surface area contributed by atoms with Gasteiger partial charge < -0.3 is 4.42 Å². The van der Waals surface area contributed by atoms with Gasteiger partial charge in [-0.2, -0.15) is 0 Å². The van der Waals surface area contributed by atoms with Gasteiger partial charge in [0, 0.05) is 19.0 Å². The van der Waals surface area contributed by atoms with Crippen molar-refractivity contribution in [2.75, 3.05) is 12.0 Å². The van der Waals surface area contributed by atoms with E-state index >= 15 is 0 Å². The fourth-order valence-electron chi connectivity index (χ4n) is 2.32. The van der Waals surface area contributed by atoms with Crippen LogP contribution in [-0.4, -0.2) is 27.6 Å². The Balaban J connectivity index is 1.45. The Morgan fingerprint density at radius 2 is 2.04 bits per heavy atom. The third kappa shape index (κ3) is 4.74. The highest BCUT2D eigenvalue weighted by atomic mass is 32.2. The van der Waals surface area contributed by atoms with Gasteiger partial charge in [-0.1, -0.05) is 42.2 Å². The predicted molar refractivity (Wildman–Crippen MR) is 106 cm³/mol. The summed E-state index contributed by atoms with van der Waals surface area (Å²) in [6.45, 7) is 0.402. The van der Waals surface area contributed by atoms with Crippen LogP contribution in [-0.2, 0) is 9.59 Å². The minimum absolute atomic E-state index is 0.148. The molecule has 1 aliphatic heterocycles. The standard InChI is InChI=1S/C18H17N3O3S2/c22-16(20-19-13-6-2-1-3-7-13)9-4-10-21-17(23)15(26-18(21)25)12-14-8-5-11-24-14/h1-3,5-8,11-12,19H,4,9-10H2,(H,20,22)/b15-12+. The number of anilines is 1. The number of hydrogen-bond donors (Lipinski definition) is 2. The highest BCUT2D eigenvalue weighted by molar-refractivity contribution is 8.26. The van der Waals surface area contributed by atoms with E-state index in [1.807, 2.05) is 30.3 Å². The Morgan fingerprint density at radius 1 is 1.23 bits per heavy atom. The van der Waals surface area contributed by atoms with Crippen LogP contribution in [0.1, 0.15) is 18.6 Å². The number of rotatable bonds is 7. The second-order valence-corrected chi connectivity index (χ2v) is 7.17. The maximum Gasteiger partial charge on any atom is 0.266 e. The smallest absolute Gasteiger partial charge is 0.266 e. The number of thiocarbonyl (C=S) groups is 1. The molecule has 1 aromatic heterocycles. The maximum atomic E-state index is 12.4. The molecule has 0 atom stereocenters. The van der Waals surface area contributed by atoms with Crippen molar-refractivity contribution in [2.45, 2.75) is 12.8 Å². The lowest BCUT2D eigenvalue weighted by Gasteiger charge is -2.14. The van der Waals surface area contributed by atoms with Crippen molar-refractivity contribution in [2.24, 2.45) is 0 Å². The molecule has 134 valence electrons. The molecule has 1 aliphatic rings. The first-order valence-corrected chi connectivity index (χ1v) is 9.25. The van der Waals surface area contributed by atoms with Gasteiger partial charge in [-0.3, -0.25) is 25.3 Å². The summed E-state index contributed by atoms with van der Waals surface area (Å²) in [6.07, 6.45) is 4.03. The number of nitrogens with one attached hydrogen (secondary N) is 2. The Bertz CT molecular complexity index is 819. The van der Waals surface area contributed by atoms with E-state index in [0.29, 0.717) is 28.0 Å². The van der Waals surface area contributed by atoms with Crippen molar-refractivity contribution in [3.8, 4) is 0 Å². The summed E-state index contributed by atoms with van der Waals surface area (Å²) in [5.74, 6) is 0.307. The summed E-state index contributed by atoms with van der Waals surface area (Å²) in [5, 5.41) is 0. The Kier molecular flexibility index (Phi) is 6.08. The Labute approximate surface area is 160 Å². The van der Waals surface area contributed by atoms with E-state index in [4.69, 9.17) is 16.6 Å². The lowest BCUT2D eigenvalue weighted by Crippen LogP contribution is -2.32. The number of carbonyl (C=O) groups is 2. The van der Waals surface area contributed by atoms with Crippen LogP contribution in [0.5, 0.6) is 0 Å².